The van der Waals surface area contributed by atoms with Crippen LogP contribution in [-0.4, -0.2) is 20.9 Å². The van der Waals surface area contributed by atoms with Crippen LogP contribution in [0.4, 0.5) is 0 Å². The number of benzene rings is 1. The lowest BCUT2D eigenvalue weighted by Crippen LogP contribution is -2.23. The van der Waals surface area contributed by atoms with Gasteiger partial charge in [0.1, 0.15) is 11.5 Å². The molecule has 22 heavy (non-hydrogen) atoms. The Morgan fingerprint density at radius 1 is 1.27 bits per heavy atom. The first-order chi connectivity index (χ1) is 10.6. The minimum Gasteiger partial charge on any atom is -0.347 e. The second kappa shape index (κ2) is 5.97. The molecule has 0 saturated heterocycles. The molecule has 0 aliphatic carbocycles. The van der Waals surface area contributed by atoms with E-state index in [1.54, 1.807) is 24.4 Å². The van der Waals surface area contributed by atoms with Crippen LogP contribution in [0, 0.1) is 0 Å². The number of hydrogen-bond acceptors (Lipinski definition) is 3. The molecule has 2 aromatic heterocycles. The molecular weight excluding hydrogens is 276 g/mol. The van der Waals surface area contributed by atoms with Gasteiger partial charge >= 0.3 is 0 Å². The van der Waals surface area contributed by atoms with E-state index >= 15 is 0 Å². The summed E-state index contributed by atoms with van der Waals surface area (Å²) in [7, 11) is 0. The number of amides is 1. The molecule has 3 rings (SSSR count). The Hall–Kier alpha value is -2.69. The summed E-state index contributed by atoms with van der Waals surface area (Å²) in [4.78, 5) is 23.9. The molecule has 0 spiro atoms. The second-order valence-electron chi connectivity index (χ2n) is 5.53. The molecule has 3 aromatic rings. The van der Waals surface area contributed by atoms with Crippen LogP contribution < -0.4 is 5.32 Å². The number of imidazole rings is 1. The Kier molecular flexibility index (Phi) is 3.87. The normalized spacial score (nSPS) is 11.0. The molecule has 0 aliphatic heterocycles. The molecule has 5 heteroatoms. The number of nitrogens with one attached hydrogen (secondary N) is 2. The topological polar surface area (TPSA) is 70.7 Å². The summed E-state index contributed by atoms with van der Waals surface area (Å²) in [6, 6.07) is 11.3. The summed E-state index contributed by atoms with van der Waals surface area (Å²) < 4.78 is 0. The molecule has 2 heterocycles. The molecule has 0 bridgehead atoms. The zero-order valence-electron chi connectivity index (χ0n) is 12.6. The van der Waals surface area contributed by atoms with Gasteiger partial charge in [0.15, 0.2) is 0 Å². The largest absolute Gasteiger partial charge is 0.347 e. The van der Waals surface area contributed by atoms with Gasteiger partial charge in [-0.3, -0.25) is 9.78 Å². The standard InChI is InChI=1S/C17H18N4O/c1-11(2)16-20-13-7-6-12(9-15(13)21-16)10-19-17(22)14-5-3-4-8-18-14/h3-9,11H,10H2,1-2H3,(H,19,22)(H,20,21). The number of rotatable bonds is 4. The SMILES string of the molecule is CC(C)c1nc2ccc(CNC(=O)c3ccccn3)cc2[nH]1. The van der Waals surface area contributed by atoms with Gasteiger partial charge in [0.2, 0.25) is 0 Å². The van der Waals surface area contributed by atoms with E-state index in [-0.39, 0.29) is 5.91 Å². The van der Waals surface area contributed by atoms with Crippen LogP contribution >= 0.6 is 0 Å². The number of hydrogen-bond donors (Lipinski definition) is 2. The van der Waals surface area contributed by atoms with E-state index in [0.717, 1.165) is 22.4 Å². The molecular formula is C17H18N4O. The molecule has 112 valence electrons. The first-order valence-electron chi connectivity index (χ1n) is 7.31. The average Bonchev–Trinajstić information content (AvgIpc) is 2.97. The van der Waals surface area contributed by atoms with Gasteiger partial charge in [0.05, 0.1) is 11.0 Å². The molecule has 5 nitrogen and oxygen atoms in total. The molecule has 1 aromatic carbocycles. The minimum atomic E-state index is -0.173. The molecule has 1 amide bonds. The van der Waals surface area contributed by atoms with E-state index in [4.69, 9.17) is 0 Å². The van der Waals surface area contributed by atoms with Gasteiger partial charge in [-0.05, 0) is 29.8 Å². The van der Waals surface area contributed by atoms with Crippen molar-refractivity contribution in [2.24, 2.45) is 0 Å². The van der Waals surface area contributed by atoms with E-state index in [1.165, 1.54) is 0 Å². The van der Waals surface area contributed by atoms with Gasteiger partial charge < -0.3 is 10.3 Å². The van der Waals surface area contributed by atoms with Crippen LogP contribution in [0.2, 0.25) is 0 Å². The van der Waals surface area contributed by atoms with E-state index in [1.807, 2.05) is 18.2 Å². The lowest BCUT2D eigenvalue weighted by Gasteiger charge is -2.04. The first kappa shape index (κ1) is 14.3. The van der Waals surface area contributed by atoms with Crippen molar-refractivity contribution in [1.29, 1.82) is 0 Å². The maximum Gasteiger partial charge on any atom is 0.270 e. The third-order valence-electron chi connectivity index (χ3n) is 3.46. The average molecular weight is 294 g/mol. The van der Waals surface area contributed by atoms with Crippen molar-refractivity contribution in [3.63, 3.8) is 0 Å². The lowest BCUT2D eigenvalue weighted by atomic mass is 10.2. The third kappa shape index (κ3) is 2.98. The number of aromatic amines is 1. The highest BCUT2D eigenvalue weighted by Gasteiger charge is 2.08. The smallest absolute Gasteiger partial charge is 0.270 e. The zero-order valence-corrected chi connectivity index (χ0v) is 12.6. The van der Waals surface area contributed by atoms with Crippen molar-refractivity contribution < 1.29 is 4.79 Å². The van der Waals surface area contributed by atoms with E-state index in [0.29, 0.717) is 18.2 Å². The molecule has 0 saturated carbocycles. The third-order valence-corrected chi connectivity index (χ3v) is 3.46. The fourth-order valence-electron chi connectivity index (χ4n) is 2.23. The van der Waals surface area contributed by atoms with E-state index in [9.17, 15) is 4.79 Å². The van der Waals surface area contributed by atoms with E-state index < -0.39 is 0 Å². The predicted octanol–water partition coefficient (Wildman–Crippen LogP) is 3.01. The number of pyridine rings is 1. The molecule has 2 N–H and O–H groups in total. The van der Waals surface area contributed by atoms with Crippen LogP contribution in [0.5, 0.6) is 0 Å². The van der Waals surface area contributed by atoms with Gasteiger partial charge in [-0.2, -0.15) is 0 Å². The van der Waals surface area contributed by atoms with Crippen molar-refractivity contribution in [3.05, 3.63) is 59.7 Å². The summed E-state index contributed by atoms with van der Waals surface area (Å²) in [5.74, 6) is 1.16. The van der Waals surface area contributed by atoms with Gasteiger partial charge in [-0.15, -0.1) is 0 Å². The number of carbonyl (C=O) groups excluding carboxylic acids is 1. The summed E-state index contributed by atoms with van der Waals surface area (Å²) in [6.45, 7) is 4.67. The van der Waals surface area contributed by atoms with Crippen LogP contribution in [0.15, 0.2) is 42.6 Å². The van der Waals surface area contributed by atoms with Crippen LogP contribution in [-0.2, 0) is 6.54 Å². The monoisotopic (exact) mass is 294 g/mol. The highest BCUT2D eigenvalue weighted by molar-refractivity contribution is 5.92. The number of H-pyrrole nitrogens is 1. The fourth-order valence-corrected chi connectivity index (χ4v) is 2.23. The number of nitrogens with zero attached hydrogens (tertiary/aromatic N) is 2. The van der Waals surface area contributed by atoms with Crippen LogP contribution in [0.3, 0.4) is 0 Å². The maximum atomic E-state index is 12.0. The summed E-state index contributed by atoms with van der Waals surface area (Å²) >= 11 is 0. The Bertz CT molecular complexity index is 793. The van der Waals surface area contributed by atoms with Crippen molar-refractivity contribution in [2.75, 3.05) is 0 Å². The van der Waals surface area contributed by atoms with Crippen molar-refractivity contribution in [3.8, 4) is 0 Å². The minimum absolute atomic E-state index is 0.173. The predicted molar refractivity (Wildman–Crippen MR) is 85.6 cm³/mol. The number of aromatic nitrogens is 3. The van der Waals surface area contributed by atoms with E-state index in [2.05, 4.69) is 34.1 Å². The first-order valence-corrected chi connectivity index (χ1v) is 7.31. The van der Waals surface area contributed by atoms with Crippen molar-refractivity contribution >= 4 is 16.9 Å². The summed E-state index contributed by atoms with van der Waals surface area (Å²) in [6.07, 6.45) is 1.61. The molecule has 0 fully saturated rings. The Morgan fingerprint density at radius 3 is 2.86 bits per heavy atom. The van der Waals surface area contributed by atoms with Crippen LogP contribution in [0.25, 0.3) is 11.0 Å². The van der Waals surface area contributed by atoms with Gasteiger partial charge in [0.25, 0.3) is 5.91 Å². The molecule has 0 atom stereocenters. The number of fused-ring (bicyclic) bond motifs is 1. The van der Waals surface area contributed by atoms with Crippen molar-refractivity contribution in [2.45, 2.75) is 26.3 Å². The maximum absolute atomic E-state index is 12.0. The number of carbonyl (C=O) groups is 1. The Morgan fingerprint density at radius 2 is 2.14 bits per heavy atom. The fraction of sp³-hybridized carbons (Fsp3) is 0.235. The lowest BCUT2D eigenvalue weighted by molar-refractivity contribution is 0.0946. The van der Waals surface area contributed by atoms with Crippen LogP contribution in [0.1, 0.15) is 41.6 Å². The Balaban J connectivity index is 1.73. The quantitative estimate of drug-likeness (QED) is 0.777. The highest BCUT2D eigenvalue weighted by atomic mass is 16.1. The second-order valence-corrected chi connectivity index (χ2v) is 5.53. The van der Waals surface area contributed by atoms with Crippen molar-refractivity contribution in [1.82, 2.24) is 20.3 Å². The Labute approximate surface area is 128 Å². The van der Waals surface area contributed by atoms with Gasteiger partial charge in [-0.25, -0.2) is 4.98 Å². The zero-order chi connectivity index (χ0) is 15.5. The highest BCUT2D eigenvalue weighted by Crippen LogP contribution is 2.18. The van der Waals surface area contributed by atoms with Gasteiger partial charge in [0, 0.05) is 18.7 Å². The summed E-state index contributed by atoms with van der Waals surface area (Å²) in [5.41, 5.74) is 3.39. The molecule has 0 radical (unpaired) electrons. The van der Waals surface area contributed by atoms with Gasteiger partial charge in [-0.1, -0.05) is 26.0 Å². The molecule has 0 unspecified atom stereocenters. The molecule has 0 aliphatic rings. The summed E-state index contributed by atoms with van der Waals surface area (Å²) in [5, 5.41) is 2.87.